The lowest BCUT2D eigenvalue weighted by Crippen LogP contribution is -2.19. The molecule has 0 saturated carbocycles. The van der Waals surface area contributed by atoms with Crippen LogP contribution >= 0.6 is 0 Å². The Morgan fingerprint density at radius 3 is 2.50 bits per heavy atom. The molecule has 0 aliphatic carbocycles. The van der Waals surface area contributed by atoms with E-state index < -0.39 is 23.8 Å². The predicted octanol–water partition coefficient (Wildman–Crippen LogP) is 3.83. The van der Waals surface area contributed by atoms with Crippen molar-refractivity contribution in [1.82, 2.24) is 0 Å². The van der Waals surface area contributed by atoms with Gasteiger partial charge in [0, 0.05) is 18.1 Å². The predicted molar refractivity (Wildman–Crippen MR) is 70.5 cm³/mol. The van der Waals surface area contributed by atoms with Crippen LogP contribution in [0.5, 0.6) is 5.75 Å². The number of benzene rings is 2. The second kappa shape index (κ2) is 4.87. The van der Waals surface area contributed by atoms with E-state index in [0.717, 1.165) is 17.2 Å². The molecule has 1 aliphatic heterocycles. The first-order chi connectivity index (χ1) is 9.52. The Labute approximate surface area is 115 Å². The van der Waals surface area contributed by atoms with Crippen molar-refractivity contribution in [2.45, 2.75) is 25.6 Å². The molecule has 1 N–H and O–H groups in total. The van der Waals surface area contributed by atoms with Gasteiger partial charge in [0.1, 0.15) is 23.5 Å². The SMILES string of the molecule is Cc1ccc2c(c1)[C@@H](O)CC(c1cc(F)cc(F)c1)O2. The molecule has 1 unspecified atom stereocenters. The Bertz CT molecular complexity index is 635. The molecule has 1 aliphatic rings. The van der Waals surface area contributed by atoms with Gasteiger partial charge in [0.15, 0.2) is 0 Å². The highest BCUT2D eigenvalue weighted by molar-refractivity contribution is 5.41. The van der Waals surface area contributed by atoms with Crippen LogP contribution < -0.4 is 4.74 Å². The Morgan fingerprint density at radius 1 is 1.10 bits per heavy atom. The van der Waals surface area contributed by atoms with Crippen molar-refractivity contribution in [2.75, 3.05) is 0 Å². The molecule has 2 aromatic rings. The number of rotatable bonds is 1. The summed E-state index contributed by atoms with van der Waals surface area (Å²) in [5.74, 6) is -0.732. The highest BCUT2D eigenvalue weighted by Crippen LogP contribution is 2.41. The van der Waals surface area contributed by atoms with Crippen LogP contribution in [0.4, 0.5) is 8.78 Å². The zero-order valence-electron chi connectivity index (χ0n) is 10.9. The minimum atomic E-state index is -0.699. The van der Waals surface area contributed by atoms with Crippen LogP contribution in [0.25, 0.3) is 0 Å². The van der Waals surface area contributed by atoms with Crippen LogP contribution in [-0.4, -0.2) is 5.11 Å². The average molecular weight is 276 g/mol. The van der Waals surface area contributed by atoms with Crippen LogP contribution in [0.2, 0.25) is 0 Å². The summed E-state index contributed by atoms with van der Waals surface area (Å²) in [7, 11) is 0. The van der Waals surface area contributed by atoms with Crippen molar-refractivity contribution in [1.29, 1.82) is 0 Å². The number of fused-ring (bicyclic) bond motifs is 1. The summed E-state index contributed by atoms with van der Waals surface area (Å²) in [6.07, 6.45) is -0.973. The monoisotopic (exact) mass is 276 g/mol. The molecule has 0 fully saturated rings. The van der Waals surface area contributed by atoms with E-state index in [-0.39, 0.29) is 6.42 Å². The van der Waals surface area contributed by atoms with Crippen molar-refractivity contribution >= 4 is 0 Å². The van der Waals surface area contributed by atoms with Gasteiger partial charge in [-0.2, -0.15) is 0 Å². The lowest BCUT2D eigenvalue weighted by atomic mass is 9.94. The molecule has 0 saturated heterocycles. The van der Waals surface area contributed by atoms with Gasteiger partial charge in [-0.05, 0) is 36.8 Å². The molecule has 3 rings (SSSR count). The smallest absolute Gasteiger partial charge is 0.127 e. The van der Waals surface area contributed by atoms with Gasteiger partial charge < -0.3 is 9.84 Å². The van der Waals surface area contributed by atoms with E-state index in [0.29, 0.717) is 11.3 Å². The number of hydrogen-bond acceptors (Lipinski definition) is 2. The first kappa shape index (κ1) is 13.1. The number of ether oxygens (including phenoxy) is 1. The number of aliphatic hydroxyl groups is 1. The first-order valence-corrected chi connectivity index (χ1v) is 6.44. The van der Waals surface area contributed by atoms with Crippen LogP contribution in [0.3, 0.4) is 0 Å². The summed E-state index contributed by atoms with van der Waals surface area (Å²) >= 11 is 0. The highest BCUT2D eigenvalue weighted by atomic mass is 19.1. The molecule has 2 aromatic carbocycles. The molecule has 0 spiro atoms. The lowest BCUT2D eigenvalue weighted by Gasteiger charge is -2.30. The third-order valence-electron chi connectivity index (χ3n) is 3.49. The molecule has 104 valence electrons. The minimum absolute atomic E-state index is 0.277. The summed E-state index contributed by atoms with van der Waals surface area (Å²) in [4.78, 5) is 0. The zero-order valence-corrected chi connectivity index (χ0v) is 10.9. The Kier molecular flexibility index (Phi) is 3.18. The van der Waals surface area contributed by atoms with E-state index in [2.05, 4.69) is 0 Å². The van der Waals surface area contributed by atoms with Crippen molar-refractivity contribution in [3.8, 4) is 5.75 Å². The van der Waals surface area contributed by atoms with Crippen molar-refractivity contribution < 1.29 is 18.6 Å². The van der Waals surface area contributed by atoms with E-state index in [1.807, 2.05) is 19.1 Å². The normalized spacial score (nSPS) is 21.2. The number of hydrogen-bond donors (Lipinski definition) is 1. The maximum Gasteiger partial charge on any atom is 0.127 e. The Balaban J connectivity index is 1.96. The fraction of sp³-hybridized carbons (Fsp3) is 0.250. The molecular weight excluding hydrogens is 262 g/mol. The van der Waals surface area contributed by atoms with Gasteiger partial charge in [0.25, 0.3) is 0 Å². The van der Waals surface area contributed by atoms with Gasteiger partial charge in [-0.1, -0.05) is 11.6 Å². The van der Waals surface area contributed by atoms with Gasteiger partial charge in [-0.15, -0.1) is 0 Å². The van der Waals surface area contributed by atoms with Gasteiger partial charge >= 0.3 is 0 Å². The van der Waals surface area contributed by atoms with Crippen LogP contribution in [0.1, 0.15) is 35.3 Å². The second-order valence-electron chi connectivity index (χ2n) is 5.10. The van der Waals surface area contributed by atoms with Crippen molar-refractivity contribution in [3.05, 3.63) is 64.7 Å². The topological polar surface area (TPSA) is 29.5 Å². The third-order valence-corrected chi connectivity index (χ3v) is 3.49. The molecular formula is C16H14F2O2. The second-order valence-corrected chi connectivity index (χ2v) is 5.10. The fourth-order valence-electron chi connectivity index (χ4n) is 2.53. The summed E-state index contributed by atoms with van der Waals surface area (Å²) in [5.41, 5.74) is 2.15. The molecule has 2 nitrogen and oxygen atoms in total. The summed E-state index contributed by atoms with van der Waals surface area (Å²) in [6, 6.07) is 8.80. The van der Waals surface area contributed by atoms with Crippen LogP contribution in [0, 0.1) is 18.6 Å². The van der Waals surface area contributed by atoms with Gasteiger partial charge in [0.2, 0.25) is 0 Å². The first-order valence-electron chi connectivity index (χ1n) is 6.44. The van der Waals surface area contributed by atoms with Gasteiger partial charge in [-0.3, -0.25) is 0 Å². The maximum atomic E-state index is 13.3. The molecule has 20 heavy (non-hydrogen) atoms. The zero-order chi connectivity index (χ0) is 14.3. The standard InChI is InChI=1S/C16H14F2O2/c1-9-2-3-15-13(4-9)14(19)8-16(20-15)10-5-11(17)7-12(18)6-10/h2-7,14,16,19H,8H2,1H3/t14-,16?/m0/s1. The van der Waals surface area contributed by atoms with Gasteiger partial charge in [-0.25, -0.2) is 8.78 Å². The molecule has 4 heteroatoms. The van der Waals surface area contributed by atoms with Crippen LogP contribution in [-0.2, 0) is 0 Å². The third kappa shape index (κ3) is 2.39. The number of aryl methyl sites for hydroxylation is 1. The fourth-order valence-corrected chi connectivity index (χ4v) is 2.53. The summed E-state index contributed by atoms with van der Waals surface area (Å²) < 4.78 is 32.3. The number of halogens is 2. The summed E-state index contributed by atoms with van der Waals surface area (Å²) in [5, 5.41) is 10.2. The molecule has 0 bridgehead atoms. The summed E-state index contributed by atoms with van der Waals surface area (Å²) in [6.45, 7) is 1.93. The average Bonchev–Trinajstić information content (AvgIpc) is 2.38. The van der Waals surface area contributed by atoms with Crippen molar-refractivity contribution in [3.63, 3.8) is 0 Å². The quantitative estimate of drug-likeness (QED) is 0.857. The highest BCUT2D eigenvalue weighted by Gasteiger charge is 2.28. The Morgan fingerprint density at radius 2 is 1.80 bits per heavy atom. The van der Waals surface area contributed by atoms with E-state index in [1.165, 1.54) is 12.1 Å². The molecule has 0 radical (unpaired) electrons. The van der Waals surface area contributed by atoms with E-state index in [1.54, 1.807) is 6.07 Å². The number of aliphatic hydroxyl groups excluding tert-OH is 1. The van der Waals surface area contributed by atoms with E-state index in [4.69, 9.17) is 4.74 Å². The van der Waals surface area contributed by atoms with E-state index in [9.17, 15) is 13.9 Å². The van der Waals surface area contributed by atoms with Gasteiger partial charge in [0.05, 0.1) is 6.10 Å². The van der Waals surface area contributed by atoms with E-state index >= 15 is 0 Å². The molecule has 0 aromatic heterocycles. The lowest BCUT2D eigenvalue weighted by molar-refractivity contribution is 0.0653. The Hall–Kier alpha value is -1.94. The minimum Gasteiger partial charge on any atom is -0.485 e. The van der Waals surface area contributed by atoms with Crippen molar-refractivity contribution in [2.24, 2.45) is 0 Å². The molecule has 1 heterocycles. The molecule has 0 amide bonds. The molecule has 2 atom stereocenters. The van der Waals surface area contributed by atoms with Crippen LogP contribution in [0.15, 0.2) is 36.4 Å². The largest absolute Gasteiger partial charge is 0.485 e. The maximum absolute atomic E-state index is 13.3.